The fraction of sp³-hybridized carbons (Fsp3) is 0.462. The van der Waals surface area contributed by atoms with Crippen LogP contribution in [-0.4, -0.2) is 0 Å². The number of nitrogens with zero attached hydrogens (tertiary/aromatic N) is 1. The lowest BCUT2D eigenvalue weighted by Crippen LogP contribution is -1.81. The zero-order chi connectivity index (χ0) is 11.0. The zero-order valence-corrected chi connectivity index (χ0v) is 9.59. The summed E-state index contributed by atoms with van der Waals surface area (Å²) in [5, 5.41) is 8.50. The maximum absolute atomic E-state index is 8.50. The lowest BCUT2D eigenvalue weighted by atomic mass is 10.1. The molecule has 0 aliphatic heterocycles. The standard InChI is InChI=1S/C9H9N.C4H10/c1-7-3-4-9(6-10)5-8(7)2;1-3-4-2/h3-5H,1-2H3;3-4H2,1-2H3. The van der Waals surface area contributed by atoms with Crippen molar-refractivity contribution >= 4 is 0 Å². The highest BCUT2D eigenvalue weighted by molar-refractivity contribution is 5.36. The van der Waals surface area contributed by atoms with Gasteiger partial charge in [-0.15, -0.1) is 0 Å². The summed E-state index contributed by atoms with van der Waals surface area (Å²) >= 11 is 0. The average molecular weight is 189 g/mol. The number of rotatable bonds is 1. The normalized spacial score (nSPS) is 8.50. The first-order valence-corrected chi connectivity index (χ1v) is 5.13. The van der Waals surface area contributed by atoms with Crippen molar-refractivity contribution in [2.45, 2.75) is 40.5 Å². The van der Waals surface area contributed by atoms with Gasteiger partial charge in [0, 0.05) is 0 Å². The first-order valence-electron chi connectivity index (χ1n) is 5.13. The Morgan fingerprint density at radius 3 is 2.00 bits per heavy atom. The number of unbranched alkanes of at least 4 members (excludes halogenated alkanes) is 1. The number of hydrogen-bond donors (Lipinski definition) is 0. The molecule has 0 aromatic heterocycles. The van der Waals surface area contributed by atoms with Gasteiger partial charge in [0.1, 0.15) is 0 Å². The molecule has 1 nitrogen and oxygen atoms in total. The molecule has 0 fully saturated rings. The van der Waals surface area contributed by atoms with Crippen molar-refractivity contribution in [1.82, 2.24) is 0 Å². The van der Waals surface area contributed by atoms with Crippen molar-refractivity contribution in [2.24, 2.45) is 0 Å². The minimum Gasteiger partial charge on any atom is -0.192 e. The summed E-state index contributed by atoms with van der Waals surface area (Å²) in [5.74, 6) is 0. The zero-order valence-electron chi connectivity index (χ0n) is 9.59. The molecule has 0 aliphatic rings. The molecule has 76 valence electrons. The number of aryl methyl sites for hydroxylation is 2. The van der Waals surface area contributed by atoms with E-state index < -0.39 is 0 Å². The summed E-state index contributed by atoms with van der Waals surface area (Å²) in [6, 6.07) is 7.79. The van der Waals surface area contributed by atoms with Crippen molar-refractivity contribution in [3.8, 4) is 6.07 Å². The van der Waals surface area contributed by atoms with E-state index in [2.05, 4.69) is 19.9 Å². The van der Waals surface area contributed by atoms with Gasteiger partial charge < -0.3 is 0 Å². The maximum Gasteiger partial charge on any atom is 0.0991 e. The predicted octanol–water partition coefficient (Wildman–Crippen LogP) is 3.98. The Morgan fingerprint density at radius 2 is 1.64 bits per heavy atom. The van der Waals surface area contributed by atoms with E-state index >= 15 is 0 Å². The van der Waals surface area contributed by atoms with E-state index in [0.29, 0.717) is 0 Å². The molecule has 0 aliphatic carbocycles. The minimum absolute atomic E-state index is 0.739. The van der Waals surface area contributed by atoms with Gasteiger partial charge in [0.2, 0.25) is 0 Å². The Kier molecular flexibility index (Phi) is 6.49. The monoisotopic (exact) mass is 189 g/mol. The van der Waals surface area contributed by atoms with Gasteiger partial charge in [-0.05, 0) is 37.1 Å². The third kappa shape index (κ3) is 4.67. The molecule has 0 unspecified atom stereocenters. The van der Waals surface area contributed by atoms with Gasteiger partial charge in [-0.25, -0.2) is 0 Å². The summed E-state index contributed by atoms with van der Waals surface area (Å²) in [4.78, 5) is 0. The van der Waals surface area contributed by atoms with Crippen molar-refractivity contribution in [2.75, 3.05) is 0 Å². The summed E-state index contributed by atoms with van der Waals surface area (Å²) in [6.45, 7) is 8.41. The lowest BCUT2D eigenvalue weighted by molar-refractivity contribution is 0.886. The number of hydrogen-bond acceptors (Lipinski definition) is 1. The number of nitriles is 1. The highest BCUT2D eigenvalue weighted by Gasteiger charge is 1.92. The Labute approximate surface area is 87.4 Å². The van der Waals surface area contributed by atoms with E-state index in [4.69, 9.17) is 5.26 Å². The SMILES string of the molecule is CCCC.Cc1ccc(C#N)cc1C. The quantitative estimate of drug-likeness (QED) is 0.655. The van der Waals surface area contributed by atoms with Crippen LogP contribution in [-0.2, 0) is 0 Å². The Bertz CT molecular complexity index is 306. The van der Waals surface area contributed by atoms with Crippen LogP contribution in [0.3, 0.4) is 0 Å². The second kappa shape index (κ2) is 7.15. The lowest BCUT2D eigenvalue weighted by Gasteiger charge is -1.96. The Balaban J connectivity index is 0.000000364. The van der Waals surface area contributed by atoms with Crippen LogP contribution in [0, 0.1) is 25.2 Å². The predicted molar refractivity (Wildman–Crippen MR) is 61.2 cm³/mol. The highest BCUT2D eigenvalue weighted by atomic mass is 14.2. The molecule has 0 saturated heterocycles. The van der Waals surface area contributed by atoms with Crippen molar-refractivity contribution in [3.05, 3.63) is 34.9 Å². The van der Waals surface area contributed by atoms with Gasteiger partial charge in [0.25, 0.3) is 0 Å². The smallest absolute Gasteiger partial charge is 0.0991 e. The van der Waals surface area contributed by atoms with E-state index in [1.807, 2.05) is 32.0 Å². The van der Waals surface area contributed by atoms with Gasteiger partial charge in [-0.1, -0.05) is 32.8 Å². The maximum atomic E-state index is 8.50. The van der Waals surface area contributed by atoms with Crippen LogP contribution in [0.4, 0.5) is 0 Å². The molecule has 1 heteroatoms. The van der Waals surface area contributed by atoms with E-state index in [9.17, 15) is 0 Å². The van der Waals surface area contributed by atoms with Crippen LogP contribution in [0.5, 0.6) is 0 Å². The van der Waals surface area contributed by atoms with E-state index in [1.54, 1.807) is 0 Å². The van der Waals surface area contributed by atoms with E-state index in [-0.39, 0.29) is 0 Å². The van der Waals surface area contributed by atoms with Crippen molar-refractivity contribution < 1.29 is 0 Å². The van der Waals surface area contributed by atoms with Crippen molar-refractivity contribution in [1.29, 1.82) is 5.26 Å². The molecule has 0 amide bonds. The van der Waals surface area contributed by atoms with E-state index in [0.717, 1.165) is 5.56 Å². The second-order valence-corrected chi connectivity index (χ2v) is 3.41. The molecule has 14 heavy (non-hydrogen) atoms. The number of benzene rings is 1. The fourth-order valence-corrected chi connectivity index (χ4v) is 0.811. The third-order valence-corrected chi connectivity index (χ3v) is 2.14. The van der Waals surface area contributed by atoms with Gasteiger partial charge >= 0.3 is 0 Å². The van der Waals surface area contributed by atoms with Crippen molar-refractivity contribution in [3.63, 3.8) is 0 Å². The molecule has 1 rings (SSSR count). The molecule has 0 spiro atoms. The van der Waals surface area contributed by atoms with Gasteiger partial charge in [-0.3, -0.25) is 0 Å². The fourth-order valence-electron chi connectivity index (χ4n) is 0.811. The molecule has 0 radical (unpaired) electrons. The minimum atomic E-state index is 0.739. The van der Waals surface area contributed by atoms with Gasteiger partial charge in [0.15, 0.2) is 0 Å². The van der Waals surface area contributed by atoms with Crippen LogP contribution >= 0.6 is 0 Å². The molecule has 1 aromatic carbocycles. The molecular formula is C13H19N. The first kappa shape index (κ1) is 12.7. The van der Waals surface area contributed by atoms with Crippen LogP contribution in [0.1, 0.15) is 43.4 Å². The largest absolute Gasteiger partial charge is 0.192 e. The molecule has 1 aromatic rings. The Morgan fingerprint density at radius 1 is 1.07 bits per heavy atom. The van der Waals surface area contributed by atoms with Gasteiger partial charge in [-0.2, -0.15) is 5.26 Å². The second-order valence-electron chi connectivity index (χ2n) is 3.41. The molecule has 0 atom stereocenters. The molecule has 0 bridgehead atoms. The van der Waals surface area contributed by atoms with Crippen LogP contribution in [0.2, 0.25) is 0 Å². The first-order chi connectivity index (χ1) is 6.65. The third-order valence-electron chi connectivity index (χ3n) is 2.14. The molecule has 0 heterocycles. The molecular weight excluding hydrogens is 170 g/mol. The molecule has 0 N–H and O–H groups in total. The topological polar surface area (TPSA) is 23.8 Å². The van der Waals surface area contributed by atoms with Crippen LogP contribution < -0.4 is 0 Å². The average Bonchev–Trinajstić information content (AvgIpc) is 2.22. The van der Waals surface area contributed by atoms with Crippen LogP contribution in [0.25, 0.3) is 0 Å². The van der Waals surface area contributed by atoms with Gasteiger partial charge in [0.05, 0.1) is 11.6 Å². The summed E-state index contributed by atoms with van der Waals surface area (Å²) in [7, 11) is 0. The van der Waals surface area contributed by atoms with E-state index in [1.165, 1.54) is 24.0 Å². The van der Waals surface area contributed by atoms with Crippen LogP contribution in [0.15, 0.2) is 18.2 Å². The summed E-state index contributed by atoms with van der Waals surface area (Å²) < 4.78 is 0. The summed E-state index contributed by atoms with van der Waals surface area (Å²) in [6.07, 6.45) is 2.64. The summed E-state index contributed by atoms with van der Waals surface area (Å²) in [5.41, 5.74) is 3.15. The Hall–Kier alpha value is -1.29. The molecule has 0 saturated carbocycles. The highest BCUT2D eigenvalue weighted by Crippen LogP contribution is 2.07.